The van der Waals surface area contributed by atoms with Crippen molar-refractivity contribution in [3.8, 4) is 0 Å². The van der Waals surface area contributed by atoms with Crippen molar-refractivity contribution in [2.75, 3.05) is 13.1 Å². The number of benzene rings is 1. The van der Waals surface area contributed by atoms with E-state index < -0.39 is 0 Å². The molecule has 1 aromatic rings. The first-order valence-electron chi connectivity index (χ1n) is 8.21. The molecule has 0 unspecified atom stereocenters. The summed E-state index contributed by atoms with van der Waals surface area (Å²) < 4.78 is 1.11. The van der Waals surface area contributed by atoms with Crippen LogP contribution < -0.4 is 0 Å². The second-order valence-electron chi connectivity index (χ2n) is 7.26. The Kier molecular flexibility index (Phi) is 3.36. The van der Waals surface area contributed by atoms with Crippen LogP contribution in [0.15, 0.2) is 28.7 Å². The van der Waals surface area contributed by atoms with Crippen molar-refractivity contribution in [1.29, 1.82) is 0 Å². The number of amides is 1. The number of rotatable bonds is 2. The molecule has 1 aromatic carbocycles. The van der Waals surface area contributed by atoms with Crippen LogP contribution in [0.5, 0.6) is 0 Å². The second kappa shape index (κ2) is 5.12. The number of halogens is 1. The van der Waals surface area contributed by atoms with Crippen LogP contribution in [0.25, 0.3) is 0 Å². The van der Waals surface area contributed by atoms with E-state index in [1.165, 1.54) is 37.7 Å². The summed E-state index contributed by atoms with van der Waals surface area (Å²) in [5, 5.41) is 0. The smallest absolute Gasteiger partial charge is 0.226 e. The minimum atomic E-state index is 0.250. The van der Waals surface area contributed by atoms with Gasteiger partial charge in [0.05, 0.1) is 0 Å². The first kappa shape index (κ1) is 13.8. The fourth-order valence-corrected chi connectivity index (χ4v) is 4.76. The Morgan fingerprint density at radius 2 is 1.95 bits per heavy atom. The van der Waals surface area contributed by atoms with Gasteiger partial charge in [-0.15, -0.1) is 0 Å². The molecule has 3 aliphatic rings. The molecule has 3 fully saturated rings. The predicted octanol–water partition coefficient (Wildman–Crippen LogP) is 4.35. The number of hydrogen-bond acceptors (Lipinski definition) is 1. The van der Waals surface area contributed by atoms with Crippen LogP contribution in [0.2, 0.25) is 0 Å². The van der Waals surface area contributed by atoms with Gasteiger partial charge in [0.15, 0.2) is 0 Å². The Morgan fingerprint density at radius 3 is 2.67 bits per heavy atom. The number of likely N-dealkylation sites (tertiary alicyclic amines) is 1. The van der Waals surface area contributed by atoms with Crippen molar-refractivity contribution in [3.05, 3.63) is 34.3 Å². The average Bonchev–Trinajstić information content (AvgIpc) is 3.25. The largest absolute Gasteiger partial charge is 0.341 e. The molecule has 1 heterocycles. The van der Waals surface area contributed by atoms with Crippen LogP contribution in [-0.2, 0) is 4.79 Å². The zero-order chi connectivity index (χ0) is 14.4. The fourth-order valence-electron chi connectivity index (χ4n) is 4.35. The first-order chi connectivity index (χ1) is 10.2. The SMILES string of the molecule is O=C([C@H]1C[C@@H]1c1cccc(Br)c1)N1CC2(CCCCC2)C1. The second-order valence-corrected chi connectivity index (χ2v) is 8.17. The summed E-state index contributed by atoms with van der Waals surface area (Å²) in [6.45, 7) is 2.07. The molecule has 112 valence electrons. The molecule has 2 saturated carbocycles. The molecule has 0 aromatic heterocycles. The van der Waals surface area contributed by atoms with E-state index in [4.69, 9.17) is 0 Å². The molecule has 2 nitrogen and oxygen atoms in total. The van der Waals surface area contributed by atoms with E-state index in [-0.39, 0.29) is 5.92 Å². The van der Waals surface area contributed by atoms with E-state index >= 15 is 0 Å². The molecule has 2 atom stereocenters. The Balaban J connectivity index is 1.36. The Labute approximate surface area is 135 Å². The van der Waals surface area contributed by atoms with Crippen molar-refractivity contribution in [2.24, 2.45) is 11.3 Å². The molecular formula is C18H22BrNO. The predicted molar refractivity (Wildman–Crippen MR) is 87.1 cm³/mol. The lowest BCUT2D eigenvalue weighted by Crippen LogP contribution is -2.59. The normalized spacial score (nSPS) is 30.0. The van der Waals surface area contributed by atoms with E-state index in [1.807, 2.05) is 6.07 Å². The van der Waals surface area contributed by atoms with E-state index in [9.17, 15) is 4.79 Å². The summed E-state index contributed by atoms with van der Waals surface area (Å²) in [5.74, 6) is 1.12. The first-order valence-corrected chi connectivity index (χ1v) is 9.00. The highest BCUT2D eigenvalue weighted by Crippen LogP contribution is 2.51. The topological polar surface area (TPSA) is 20.3 Å². The number of carbonyl (C=O) groups is 1. The maximum Gasteiger partial charge on any atom is 0.226 e. The highest BCUT2D eigenvalue weighted by molar-refractivity contribution is 9.10. The molecule has 21 heavy (non-hydrogen) atoms. The summed E-state index contributed by atoms with van der Waals surface area (Å²) in [6, 6.07) is 8.43. The maximum atomic E-state index is 12.6. The Morgan fingerprint density at radius 1 is 1.19 bits per heavy atom. The van der Waals surface area contributed by atoms with Crippen LogP contribution in [0.4, 0.5) is 0 Å². The molecular weight excluding hydrogens is 326 g/mol. The fraction of sp³-hybridized carbons (Fsp3) is 0.611. The van der Waals surface area contributed by atoms with Gasteiger partial charge in [-0.05, 0) is 42.9 Å². The van der Waals surface area contributed by atoms with Gasteiger partial charge in [0, 0.05) is 28.9 Å². The lowest BCUT2D eigenvalue weighted by Gasteiger charge is -2.52. The molecule has 1 saturated heterocycles. The van der Waals surface area contributed by atoms with Crippen molar-refractivity contribution in [3.63, 3.8) is 0 Å². The van der Waals surface area contributed by atoms with E-state index in [0.717, 1.165) is 24.0 Å². The Hall–Kier alpha value is -0.830. The van der Waals surface area contributed by atoms with Gasteiger partial charge in [0.25, 0.3) is 0 Å². The van der Waals surface area contributed by atoms with Crippen LogP contribution in [0, 0.1) is 11.3 Å². The quantitative estimate of drug-likeness (QED) is 0.778. The minimum absolute atomic E-state index is 0.250. The molecule has 0 radical (unpaired) electrons. The molecule has 1 spiro atoms. The summed E-state index contributed by atoms with van der Waals surface area (Å²) in [6.07, 6.45) is 7.85. The van der Waals surface area contributed by atoms with Crippen LogP contribution in [-0.4, -0.2) is 23.9 Å². The number of carbonyl (C=O) groups excluding carboxylic acids is 1. The van der Waals surface area contributed by atoms with Gasteiger partial charge in [-0.25, -0.2) is 0 Å². The van der Waals surface area contributed by atoms with Crippen LogP contribution in [0.3, 0.4) is 0 Å². The number of hydrogen-bond donors (Lipinski definition) is 0. The molecule has 1 aliphatic heterocycles. The highest BCUT2D eigenvalue weighted by atomic mass is 79.9. The molecule has 0 bridgehead atoms. The molecule has 1 amide bonds. The molecule has 3 heteroatoms. The summed E-state index contributed by atoms with van der Waals surface area (Å²) >= 11 is 3.52. The summed E-state index contributed by atoms with van der Waals surface area (Å²) in [7, 11) is 0. The van der Waals surface area contributed by atoms with Crippen LogP contribution in [0.1, 0.15) is 50.0 Å². The van der Waals surface area contributed by atoms with Crippen LogP contribution >= 0.6 is 15.9 Å². The van der Waals surface area contributed by atoms with E-state index in [0.29, 0.717) is 17.2 Å². The lowest BCUT2D eigenvalue weighted by molar-refractivity contribution is -0.147. The summed E-state index contributed by atoms with van der Waals surface area (Å²) in [4.78, 5) is 14.7. The Bertz CT molecular complexity index is 556. The zero-order valence-electron chi connectivity index (χ0n) is 12.4. The maximum absolute atomic E-state index is 12.6. The van der Waals surface area contributed by atoms with Gasteiger partial charge in [0.2, 0.25) is 5.91 Å². The highest BCUT2D eigenvalue weighted by Gasteiger charge is 2.52. The third-order valence-electron chi connectivity index (χ3n) is 5.66. The molecule has 0 N–H and O–H groups in total. The summed E-state index contributed by atoms with van der Waals surface area (Å²) in [5.41, 5.74) is 1.82. The van der Waals surface area contributed by atoms with Gasteiger partial charge in [-0.2, -0.15) is 0 Å². The van der Waals surface area contributed by atoms with Gasteiger partial charge in [-0.3, -0.25) is 4.79 Å². The van der Waals surface area contributed by atoms with Gasteiger partial charge in [-0.1, -0.05) is 47.3 Å². The van der Waals surface area contributed by atoms with Gasteiger partial charge < -0.3 is 4.90 Å². The van der Waals surface area contributed by atoms with E-state index in [2.05, 4.69) is 39.0 Å². The average molecular weight is 348 g/mol. The van der Waals surface area contributed by atoms with E-state index in [1.54, 1.807) is 0 Å². The standard InChI is InChI=1S/C18H22BrNO/c19-14-6-4-5-13(9-14)15-10-16(15)17(21)20-11-18(12-20)7-2-1-3-8-18/h4-6,9,15-16H,1-3,7-8,10-12H2/t15-,16+/m1/s1. The third-order valence-corrected chi connectivity index (χ3v) is 6.16. The monoisotopic (exact) mass is 347 g/mol. The molecule has 4 rings (SSSR count). The minimum Gasteiger partial charge on any atom is -0.341 e. The van der Waals surface area contributed by atoms with Crippen molar-refractivity contribution in [1.82, 2.24) is 4.90 Å². The van der Waals surface area contributed by atoms with Gasteiger partial charge in [0.1, 0.15) is 0 Å². The molecule has 2 aliphatic carbocycles. The zero-order valence-corrected chi connectivity index (χ0v) is 13.9. The van der Waals surface area contributed by atoms with Crippen molar-refractivity contribution in [2.45, 2.75) is 44.4 Å². The third kappa shape index (κ3) is 2.54. The van der Waals surface area contributed by atoms with Crippen molar-refractivity contribution < 1.29 is 4.79 Å². The van der Waals surface area contributed by atoms with Crippen molar-refractivity contribution >= 4 is 21.8 Å². The number of nitrogens with zero attached hydrogens (tertiary/aromatic N) is 1. The van der Waals surface area contributed by atoms with Gasteiger partial charge >= 0.3 is 0 Å². The lowest BCUT2D eigenvalue weighted by atomic mass is 9.68.